The summed E-state index contributed by atoms with van der Waals surface area (Å²) in [6.07, 6.45) is 0. The third-order valence-electron chi connectivity index (χ3n) is 1.78. The smallest absolute Gasteiger partial charge is 0.337 e. The molecule has 0 spiro atoms. The summed E-state index contributed by atoms with van der Waals surface area (Å²) < 4.78 is 0. The molecule has 0 aliphatic heterocycles. The molecule has 1 rings (SSSR count). The lowest BCUT2D eigenvalue weighted by Gasteiger charge is -2.03. The molecule has 0 aromatic heterocycles. The number of carboxylic acids is 1. The molecule has 0 atom stereocenters. The second kappa shape index (κ2) is 4.79. The first kappa shape index (κ1) is 11.5. The van der Waals surface area contributed by atoms with Crippen molar-refractivity contribution < 1.29 is 9.90 Å². The van der Waals surface area contributed by atoms with Crippen molar-refractivity contribution in [2.75, 3.05) is 5.88 Å². The number of carboxylic acid groups (broad SMARTS) is 1. The minimum Gasteiger partial charge on any atom is -0.478 e. The van der Waals surface area contributed by atoms with E-state index >= 15 is 0 Å². The first-order valence-corrected chi connectivity index (χ1v) is 4.81. The Morgan fingerprint density at radius 1 is 1.60 bits per heavy atom. The molecule has 0 aliphatic carbocycles. The van der Waals surface area contributed by atoms with Crippen molar-refractivity contribution in [3.63, 3.8) is 0 Å². The average molecular weight is 227 g/mol. The number of alkyl halides is 1. The number of hydrogen-bond acceptors (Lipinski definition) is 2. The van der Waals surface area contributed by atoms with Crippen LogP contribution < -0.4 is 5.73 Å². The van der Waals surface area contributed by atoms with Gasteiger partial charge < -0.3 is 10.8 Å². The number of halogens is 1. The van der Waals surface area contributed by atoms with Crippen molar-refractivity contribution in [1.29, 1.82) is 0 Å². The van der Waals surface area contributed by atoms with Crippen LogP contribution in [-0.2, 0) is 0 Å². The Labute approximate surface area is 92.4 Å². The van der Waals surface area contributed by atoms with Gasteiger partial charge in [-0.25, -0.2) is 9.79 Å². The Kier molecular flexibility index (Phi) is 3.68. The van der Waals surface area contributed by atoms with Crippen LogP contribution in [0, 0.1) is 6.92 Å². The molecule has 0 unspecified atom stereocenters. The molecule has 0 aliphatic rings. The van der Waals surface area contributed by atoms with Crippen molar-refractivity contribution in [2.45, 2.75) is 6.92 Å². The van der Waals surface area contributed by atoms with Crippen LogP contribution in [0.1, 0.15) is 15.9 Å². The van der Waals surface area contributed by atoms with Gasteiger partial charge in [-0.2, -0.15) is 0 Å². The van der Waals surface area contributed by atoms with E-state index in [2.05, 4.69) is 4.99 Å². The minimum atomic E-state index is -1.03. The minimum absolute atomic E-state index is 0.0763. The number of rotatable bonds is 3. The van der Waals surface area contributed by atoms with E-state index in [0.717, 1.165) is 5.56 Å². The average Bonchev–Trinajstić information content (AvgIpc) is 2.20. The summed E-state index contributed by atoms with van der Waals surface area (Å²) in [5, 5.41) is 8.93. The van der Waals surface area contributed by atoms with E-state index in [1.165, 1.54) is 0 Å². The molecule has 0 heterocycles. The lowest BCUT2D eigenvalue weighted by atomic mass is 10.1. The van der Waals surface area contributed by atoms with Crippen LogP contribution in [0.25, 0.3) is 0 Å². The van der Waals surface area contributed by atoms with Gasteiger partial charge >= 0.3 is 5.97 Å². The predicted octanol–water partition coefficient (Wildman–Crippen LogP) is 1.92. The normalized spacial score (nSPS) is 11.5. The number of amidine groups is 1. The number of aryl methyl sites for hydroxylation is 1. The van der Waals surface area contributed by atoms with Gasteiger partial charge in [0, 0.05) is 0 Å². The number of nitrogens with two attached hydrogens (primary N) is 1. The molecule has 4 nitrogen and oxygen atoms in total. The molecule has 1 aromatic carbocycles. The molecule has 0 radical (unpaired) electrons. The summed E-state index contributed by atoms with van der Waals surface area (Å²) in [4.78, 5) is 14.8. The third-order valence-corrected chi connectivity index (χ3v) is 2.06. The Hall–Kier alpha value is -1.55. The molecule has 0 fully saturated rings. The van der Waals surface area contributed by atoms with E-state index in [1.807, 2.05) is 6.92 Å². The molecule has 3 N–H and O–H groups in total. The molecule has 0 saturated carbocycles. The monoisotopic (exact) mass is 226 g/mol. The Bertz CT molecular complexity index is 416. The second-order valence-electron chi connectivity index (χ2n) is 3.06. The first-order valence-electron chi connectivity index (χ1n) is 4.27. The molecule has 15 heavy (non-hydrogen) atoms. The topological polar surface area (TPSA) is 75.7 Å². The summed E-state index contributed by atoms with van der Waals surface area (Å²) >= 11 is 5.46. The zero-order valence-electron chi connectivity index (χ0n) is 8.20. The van der Waals surface area contributed by atoms with Gasteiger partial charge in [-0.1, -0.05) is 11.6 Å². The van der Waals surface area contributed by atoms with Gasteiger partial charge in [0.2, 0.25) is 0 Å². The van der Waals surface area contributed by atoms with Crippen LogP contribution in [0.2, 0.25) is 0 Å². The standard InChI is InChI=1S/C10H11ClN2O2/c1-6-2-3-8(13-9(12)5-11)7(4-6)10(14)15/h2-4H,5H2,1H3,(H2,12,13)(H,14,15). The van der Waals surface area contributed by atoms with Crippen LogP contribution in [-0.4, -0.2) is 22.8 Å². The summed E-state index contributed by atoms with van der Waals surface area (Å²) in [6.45, 7) is 1.81. The highest BCUT2D eigenvalue weighted by Crippen LogP contribution is 2.20. The van der Waals surface area contributed by atoms with E-state index < -0.39 is 5.97 Å². The maximum atomic E-state index is 10.9. The molecule has 0 bridgehead atoms. The first-order chi connectivity index (χ1) is 7.04. The summed E-state index contributed by atoms with van der Waals surface area (Å²) in [6, 6.07) is 4.92. The maximum absolute atomic E-state index is 10.9. The fourth-order valence-electron chi connectivity index (χ4n) is 1.10. The number of nitrogens with zero attached hydrogens (tertiary/aromatic N) is 1. The van der Waals surface area contributed by atoms with Crippen LogP contribution in [0.4, 0.5) is 5.69 Å². The lowest BCUT2D eigenvalue weighted by Crippen LogP contribution is -2.12. The van der Waals surface area contributed by atoms with E-state index in [9.17, 15) is 4.79 Å². The molecule has 1 aromatic rings. The number of aromatic carboxylic acids is 1. The van der Waals surface area contributed by atoms with Gasteiger partial charge in [0.15, 0.2) is 0 Å². The highest BCUT2D eigenvalue weighted by molar-refractivity contribution is 6.28. The van der Waals surface area contributed by atoms with E-state index in [4.69, 9.17) is 22.4 Å². The fourth-order valence-corrected chi connectivity index (χ4v) is 1.16. The molecule has 80 valence electrons. The Balaban J connectivity index is 3.23. The molecular formula is C10H11ClN2O2. The number of hydrogen-bond donors (Lipinski definition) is 2. The number of benzene rings is 1. The predicted molar refractivity (Wildman–Crippen MR) is 60.1 cm³/mol. The zero-order valence-corrected chi connectivity index (χ0v) is 8.95. The van der Waals surface area contributed by atoms with Crippen molar-refractivity contribution in [1.82, 2.24) is 0 Å². The van der Waals surface area contributed by atoms with Crippen LogP contribution in [0.15, 0.2) is 23.2 Å². The molecule has 0 saturated heterocycles. The van der Waals surface area contributed by atoms with E-state index in [0.29, 0.717) is 5.69 Å². The maximum Gasteiger partial charge on any atom is 0.337 e. The second-order valence-corrected chi connectivity index (χ2v) is 3.33. The fraction of sp³-hybridized carbons (Fsp3) is 0.200. The Morgan fingerprint density at radius 3 is 2.80 bits per heavy atom. The van der Waals surface area contributed by atoms with Crippen LogP contribution in [0.3, 0.4) is 0 Å². The summed E-state index contributed by atoms with van der Waals surface area (Å²) in [5.74, 6) is -0.754. The van der Waals surface area contributed by atoms with Crippen molar-refractivity contribution in [2.24, 2.45) is 10.7 Å². The third kappa shape index (κ3) is 2.95. The molecule has 0 amide bonds. The number of carbonyl (C=O) groups is 1. The summed E-state index contributed by atoms with van der Waals surface area (Å²) in [5.41, 5.74) is 6.75. The van der Waals surface area contributed by atoms with Crippen molar-refractivity contribution in [3.8, 4) is 0 Å². The molecular weight excluding hydrogens is 216 g/mol. The van der Waals surface area contributed by atoms with Gasteiger partial charge in [-0.15, -0.1) is 11.6 Å². The van der Waals surface area contributed by atoms with Crippen molar-refractivity contribution >= 4 is 29.1 Å². The summed E-state index contributed by atoms with van der Waals surface area (Å²) in [7, 11) is 0. The van der Waals surface area contributed by atoms with Gasteiger partial charge in [-0.05, 0) is 19.1 Å². The highest BCUT2D eigenvalue weighted by atomic mass is 35.5. The lowest BCUT2D eigenvalue weighted by molar-refractivity contribution is 0.0698. The number of aliphatic imine (C=N–C) groups is 1. The van der Waals surface area contributed by atoms with E-state index in [1.54, 1.807) is 18.2 Å². The van der Waals surface area contributed by atoms with Crippen LogP contribution >= 0.6 is 11.6 Å². The Morgan fingerprint density at radius 2 is 2.27 bits per heavy atom. The SMILES string of the molecule is Cc1ccc(N=C(N)CCl)c(C(=O)O)c1. The zero-order chi connectivity index (χ0) is 11.4. The highest BCUT2D eigenvalue weighted by Gasteiger charge is 2.09. The van der Waals surface area contributed by atoms with Gasteiger partial charge in [-0.3, -0.25) is 0 Å². The van der Waals surface area contributed by atoms with Gasteiger partial charge in [0.1, 0.15) is 5.84 Å². The van der Waals surface area contributed by atoms with Gasteiger partial charge in [0.05, 0.1) is 17.1 Å². The van der Waals surface area contributed by atoms with Crippen LogP contribution in [0.5, 0.6) is 0 Å². The van der Waals surface area contributed by atoms with Crippen molar-refractivity contribution in [3.05, 3.63) is 29.3 Å². The van der Waals surface area contributed by atoms with E-state index in [-0.39, 0.29) is 17.3 Å². The molecule has 5 heteroatoms. The van der Waals surface area contributed by atoms with Gasteiger partial charge in [0.25, 0.3) is 0 Å². The largest absolute Gasteiger partial charge is 0.478 e. The quantitative estimate of drug-likeness (QED) is 0.470.